The maximum absolute atomic E-state index is 4.38. The van der Waals surface area contributed by atoms with Gasteiger partial charge in [0.25, 0.3) is 0 Å². The number of hydrogen-bond acceptors (Lipinski definition) is 3. The van der Waals surface area contributed by atoms with E-state index in [-0.39, 0.29) is 0 Å². The maximum Gasteiger partial charge on any atom is 0.190 e. The first-order valence-corrected chi connectivity index (χ1v) is 10.3. The van der Waals surface area contributed by atoms with Crippen molar-refractivity contribution in [1.29, 1.82) is 0 Å². The smallest absolute Gasteiger partial charge is 0.190 e. The summed E-state index contributed by atoms with van der Waals surface area (Å²) in [6, 6.07) is 0.923. The standard InChI is InChI=1S/C19H37N5/c1-20-19(21-10-6-13-23-11-4-2-3-5-12-23)22-15-17-9-14-24(16-17)18-7-8-18/h17-18H,2-16H2,1H3,(H2,20,21,22). The molecule has 0 bridgehead atoms. The fourth-order valence-electron chi connectivity index (χ4n) is 4.13. The van der Waals surface area contributed by atoms with Crippen molar-refractivity contribution in [1.82, 2.24) is 20.4 Å². The molecule has 2 N–H and O–H groups in total. The number of guanidine groups is 1. The van der Waals surface area contributed by atoms with Crippen molar-refractivity contribution in [2.24, 2.45) is 10.9 Å². The van der Waals surface area contributed by atoms with Crippen LogP contribution in [0.15, 0.2) is 4.99 Å². The van der Waals surface area contributed by atoms with Crippen molar-refractivity contribution in [3.8, 4) is 0 Å². The van der Waals surface area contributed by atoms with Gasteiger partial charge in [-0.05, 0) is 70.6 Å². The highest BCUT2D eigenvalue weighted by Crippen LogP contribution is 2.31. The fourth-order valence-corrected chi connectivity index (χ4v) is 4.13. The van der Waals surface area contributed by atoms with Crippen molar-refractivity contribution in [3.05, 3.63) is 0 Å². The second kappa shape index (κ2) is 9.62. The van der Waals surface area contributed by atoms with Crippen LogP contribution < -0.4 is 10.6 Å². The summed E-state index contributed by atoms with van der Waals surface area (Å²) >= 11 is 0. The number of likely N-dealkylation sites (tertiary alicyclic amines) is 2. The highest BCUT2D eigenvalue weighted by molar-refractivity contribution is 5.79. The van der Waals surface area contributed by atoms with Crippen LogP contribution in [0.25, 0.3) is 0 Å². The molecule has 138 valence electrons. The minimum atomic E-state index is 0.793. The number of nitrogens with one attached hydrogen (secondary N) is 2. The van der Waals surface area contributed by atoms with Crippen molar-refractivity contribution in [2.45, 2.75) is 57.4 Å². The van der Waals surface area contributed by atoms with Crippen LogP contribution in [0.1, 0.15) is 51.4 Å². The van der Waals surface area contributed by atoms with Crippen molar-refractivity contribution in [2.75, 3.05) is 52.9 Å². The largest absolute Gasteiger partial charge is 0.356 e. The van der Waals surface area contributed by atoms with Crippen molar-refractivity contribution >= 4 is 5.96 Å². The van der Waals surface area contributed by atoms with Crippen LogP contribution in [0.2, 0.25) is 0 Å². The minimum Gasteiger partial charge on any atom is -0.356 e. The van der Waals surface area contributed by atoms with Crippen molar-refractivity contribution < 1.29 is 0 Å². The van der Waals surface area contributed by atoms with Gasteiger partial charge in [0.15, 0.2) is 5.96 Å². The average Bonchev–Trinajstić information content (AvgIpc) is 3.39. The zero-order valence-corrected chi connectivity index (χ0v) is 15.6. The summed E-state index contributed by atoms with van der Waals surface area (Å²) in [6.07, 6.45) is 11.0. The third-order valence-corrected chi connectivity index (χ3v) is 5.80. The molecule has 0 aromatic rings. The molecular weight excluding hydrogens is 298 g/mol. The van der Waals surface area contributed by atoms with Gasteiger partial charge in [0.05, 0.1) is 0 Å². The lowest BCUT2D eigenvalue weighted by atomic mass is 10.1. The topological polar surface area (TPSA) is 42.9 Å². The Morgan fingerprint density at radius 1 is 1.00 bits per heavy atom. The van der Waals surface area contributed by atoms with E-state index in [0.717, 1.165) is 31.0 Å². The van der Waals surface area contributed by atoms with Crippen molar-refractivity contribution in [3.63, 3.8) is 0 Å². The normalized spacial score (nSPS) is 27.2. The van der Waals surface area contributed by atoms with E-state index in [4.69, 9.17) is 0 Å². The van der Waals surface area contributed by atoms with Crippen LogP contribution in [0, 0.1) is 5.92 Å². The molecule has 3 aliphatic rings. The van der Waals surface area contributed by atoms with Crippen LogP contribution >= 0.6 is 0 Å². The summed E-state index contributed by atoms with van der Waals surface area (Å²) in [4.78, 5) is 9.70. The molecule has 1 atom stereocenters. The summed E-state index contributed by atoms with van der Waals surface area (Å²) in [6.45, 7) is 8.49. The molecule has 0 radical (unpaired) electrons. The van der Waals surface area contributed by atoms with E-state index in [1.165, 1.54) is 84.1 Å². The van der Waals surface area contributed by atoms with Crippen LogP contribution in [-0.4, -0.2) is 74.7 Å². The van der Waals surface area contributed by atoms with Crippen LogP contribution in [0.3, 0.4) is 0 Å². The molecule has 0 spiro atoms. The summed E-state index contributed by atoms with van der Waals surface area (Å²) in [5, 5.41) is 7.03. The van der Waals surface area contributed by atoms with E-state index >= 15 is 0 Å². The number of rotatable bonds is 7. The quantitative estimate of drug-likeness (QED) is 0.424. The minimum absolute atomic E-state index is 0.793. The second-order valence-corrected chi connectivity index (χ2v) is 7.87. The zero-order valence-electron chi connectivity index (χ0n) is 15.6. The Kier molecular flexibility index (Phi) is 7.21. The molecule has 0 aromatic carbocycles. The highest BCUT2D eigenvalue weighted by atomic mass is 15.2. The Hall–Kier alpha value is -0.810. The van der Waals surface area contributed by atoms with Crippen LogP contribution in [0.4, 0.5) is 0 Å². The van der Waals surface area contributed by atoms with Crippen LogP contribution in [-0.2, 0) is 0 Å². The molecule has 3 fully saturated rings. The molecule has 0 aromatic heterocycles. The number of aliphatic imine (C=N–C) groups is 1. The monoisotopic (exact) mass is 335 g/mol. The lowest BCUT2D eigenvalue weighted by Gasteiger charge is -2.20. The molecule has 3 rings (SSSR count). The van der Waals surface area contributed by atoms with Gasteiger partial charge in [0, 0.05) is 32.7 Å². The van der Waals surface area contributed by atoms with E-state index in [2.05, 4.69) is 25.4 Å². The second-order valence-electron chi connectivity index (χ2n) is 7.87. The van der Waals surface area contributed by atoms with E-state index in [0.29, 0.717) is 0 Å². The Balaban J connectivity index is 1.25. The first kappa shape index (κ1) is 18.0. The first-order chi connectivity index (χ1) is 11.8. The lowest BCUT2D eigenvalue weighted by Crippen LogP contribution is -2.41. The number of hydrogen-bond donors (Lipinski definition) is 2. The molecule has 0 amide bonds. The Labute approximate surface area is 148 Å². The van der Waals surface area contributed by atoms with E-state index < -0.39 is 0 Å². The molecule has 1 saturated carbocycles. The van der Waals surface area contributed by atoms with Gasteiger partial charge in [-0.3, -0.25) is 4.99 Å². The fraction of sp³-hybridized carbons (Fsp3) is 0.947. The average molecular weight is 336 g/mol. The van der Waals surface area contributed by atoms with E-state index in [1.807, 2.05) is 7.05 Å². The summed E-state index contributed by atoms with van der Waals surface area (Å²) in [7, 11) is 1.88. The van der Waals surface area contributed by atoms with Gasteiger partial charge < -0.3 is 20.4 Å². The molecule has 2 heterocycles. The summed E-state index contributed by atoms with van der Waals surface area (Å²) in [5.74, 6) is 1.77. The Morgan fingerprint density at radius 2 is 1.79 bits per heavy atom. The third-order valence-electron chi connectivity index (χ3n) is 5.80. The molecular formula is C19H37N5. The predicted molar refractivity (Wildman–Crippen MR) is 102 cm³/mol. The van der Waals surface area contributed by atoms with E-state index in [1.54, 1.807) is 0 Å². The predicted octanol–water partition coefficient (Wildman–Crippen LogP) is 1.90. The van der Waals surface area contributed by atoms with Gasteiger partial charge in [0.1, 0.15) is 0 Å². The third kappa shape index (κ3) is 5.92. The van der Waals surface area contributed by atoms with Gasteiger partial charge in [0.2, 0.25) is 0 Å². The summed E-state index contributed by atoms with van der Waals surface area (Å²) < 4.78 is 0. The van der Waals surface area contributed by atoms with Crippen LogP contribution in [0.5, 0.6) is 0 Å². The Bertz CT molecular complexity index is 385. The molecule has 24 heavy (non-hydrogen) atoms. The zero-order chi connectivity index (χ0) is 16.6. The maximum atomic E-state index is 4.38. The SMILES string of the molecule is CN=C(NCCCN1CCCCCC1)NCC1CCN(C2CC2)C1. The molecule has 5 nitrogen and oxygen atoms in total. The highest BCUT2D eigenvalue weighted by Gasteiger charge is 2.34. The van der Waals surface area contributed by atoms with Gasteiger partial charge >= 0.3 is 0 Å². The van der Waals surface area contributed by atoms with Gasteiger partial charge in [-0.1, -0.05) is 12.8 Å². The molecule has 2 saturated heterocycles. The van der Waals surface area contributed by atoms with E-state index in [9.17, 15) is 0 Å². The van der Waals surface area contributed by atoms with Gasteiger partial charge in [-0.15, -0.1) is 0 Å². The first-order valence-electron chi connectivity index (χ1n) is 10.3. The summed E-state index contributed by atoms with van der Waals surface area (Å²) in [5.41, 5.74) is 0. The lowest BCUT2D eigenvalue weighted by molar-refractivity contribution is 0.282. The molecule has 2 aliphatic heterocycles. The molecule has 5 heteroatoms. The Morgan fingerprint density at radius 3 is 2.50 bits per heavy atom. The molecule has 1 aliphatic carbocycles. The number of nitrogens with zero attached hydrogens (tertiary/aromatic N) is 3. The molecule has 1 unspecified atom stereocenters. The van der Waals surface area contributed by atoms with Gasteiger partial charge in [-0.25, -0.2) is 0 Å². The van der Waals surface area contributed by atoms with Gasteiger partial charge in [-0.2, -0.15) is 0 Å².